The fourth-order valence-electron chi connectivity index (χ4n) is 2.56. The van der Waals surface area contributed by atoms with Gasteiger partial charge < -0.3 is 9.64 Å². The van der Waals surface area contributed by atoms with Gasteiger partial charge in [0.2, 0.25) is 5.91 Å². The van der Waals surface area contributed by atoms with E-state index < -0.39 is 9.84 Å². The normalized spacial score (nSPS) is 30.5. The number of ether oxygens (including phenoxy) is 1. The highest BCUT2D eigenvalue weighted by Gasteiger charge is 2.35. The molecule has 1 amide bonds. The van der Waals surface area contributed by atoms with Crippen LogP contribution in [-0.2, 0) is 19.4 Å². The number of hydrogen-bond donors (Lipinski definition) is 0. The van der Waals surface area contributed by atoms with Gasteiger partial charge in [-0.25, -0.2) is 8.42 Å². The first-order valence-corrected chi connectivity index (χ1v) is 8.55. The molecule has 5 nitrogen and oxygen atoms in total. The zero-order valence-corrected chi connectivity index (χ0v) is 11.8. The molecule has 2 saturated heterocycles. The van der Waals surface area contributed by atoms with E-state index in [4.69, 9.17) is 16.3 Å². The second-order valence-electron chi connectivity index (χ2n) is 4.87. The van der Waals surface area contributed by atoms with Crippen LogP contribution in [0.4, 0.5) is 0 Å². The molecule has 0 unspecified atom stereocenters. The first-order chi connectivity index (χ1) is 8.52. The number of nitrogens with zero attached hydrogens (tertiary/aromatic N) is 1. The summed E-state index contributed by atoms with van der Waals surface area (Å²) in [5, 5.41) is 0. The molecule has 0 aliphatic carbocycles. The summed E-state index contributed by atoms with van der Waals surface area (Å²) in [6.07, 6.45) is 2.46. The number of alkyl halides is 1. The van der Waals surface area contributed by atoms with Crippen LogP contribution in [-0.4, -0.2) is 61.9 Å². The molecule has 0 saturated carbocycles. The Kier molecular flexibility index (Phi) is 4.50. The Hall–Kier alpha value is -0.330. The van der Waals surface area contributed by atoms with Crippen molar-refractivity contribution < 1.29 is 17.9 Å². The Bertz CT molecular complexity index is 405. The van der Waals surface area contributed by atoms with E-state index in [1.54, 1.807) is 4.90 Å². The molecule has 0 N–H and O–H groups in total. The summed E-state index contributed by atoms with van der Waals surface area (Å²) in [6.45, 7) is 1.18. The molecule has 2 aliphatic heterocycles. The Morgan fingerprint density at radius 2 is 2.17 bits per heavy atom. The third kappa shape index (κ3) is 3.36. The zero-order valence-electron chi connectivity index (χ0n) is 10.2. The van der Waals surface area contributed by atoms with Gasteiger partial charge in [-0.15, -0.1) is 11.6 Å². The summed E-state index contributed by atoms with van der Waals surface area (Å²) >= 11 is 5.60. The molecule has 2 heterocycles. The molecule has 2 fully saturated rings. The fraction of sp³-hybridized carbons (Fsp3) is 0.909. The number of rotatable bonds is 4. The van der Waals surface area contributed by atoms with Crippen LogP contribution >= 0.6 is 11.6 Å². The van der Waals surface area contributed by atoms with Crippen molar-refractivity contribution in [2.24, 2.45) is 0 Å². The smallest absolute Gasteiger partial charge is 0.237 e. The minimum Gasteiger partial charge on any atom is -0.376 e. The van der Waals surface area contributed by atoms with Crippen molar-refractivity contribution in [3.05, 3.63) is 0 Å². The van der Waals surface area contributed by atoms with E-state index in [-0.39, 0.29) is 35.4 Å². The molecule has 18 heavy (non-hydrogen) atoms. The topological polar surface area (TPSA) is 63.7 Å². The summed E-state index contributed by atoms with van der Waals surface area (Å²) in [7, 11) is -2.99. The van der Waals surface area contributed by atoms with Gasteiger partial charge in [-0.2, -0.15) is 0 Å². The summed E-state index contributed by atoms with van der Waals surface area (Å²) in [6, 6.07) is -0.231. The Balaban J connectivity index is 2.03. The first-order valence-electron chi connectivity index (χ1n) is 6.19. The Labute approximate surface area is 112 Å². The van der Waals surface area contributed by atoms with Crippen molar-refractivity contribution in [2.45, 2.75) is 31.4 Å². The van der Waals surface area contributed by atoms with Crippen LogP contribution in [0.15, 0.2) is 0 Å². The van der Waals surface area contributed by atoms with E-state index >= 15 is 0 Å². The molecule has 7 heteroatoms. The minimum atomic E-state index is -2.99. The van der Waals surface area contributed by atoms with E-state index in [1.807, 2.05) is 0 Å². The van der Waals surface area contributed by atoms with Crippen molar-refractivity contribution in [3.8, 4) is 0 Å². The lowest BCUT2D eigenvalue weighted by atomic mass is 10.1. The molecule has 2 rings (SSSR count). The minimum absolute atomic E-state index is 0.0282. The number of carbonyl (C=O) groups excluding carboxylic acids is 1. The van der Waals surface area contributed by atoms with Crippen LogP contribution < -0.4 is 0 Å². The summed E-state index contributed by atoms with van der Waals surface area (Å²) < 4.78 is 28.5. The molecular weight excluding hydrogens is 278 g/mol. The third-order valence-corrected chi connectivity index (χ3v) is 5.49. The highest BCUT2D eigenvalue weighted by Crippen LogP contribution is 2.21. The predicted octanol–water partition coefficient (Wildman–Crippen LogP) is 0.420. The van der Waals surface area contributed by atoms with Gasteiger partial charge in [-0.3, -0.25) is 4.79 Å². The van der Waals surface area contributed by atoms with Crippen molar-refractivity contribution in [1.82, 2.24) is 4.90 Å². The van der Waals surface area contributed by atoms with Gasteiger partial charge in [-0.05, 0) is 19.3 Å². The maximum atomic E-state index is 11.8. The quantitative estimate of drug-likeness (QED) is 0.705. The standard InChI is InChI=1S/C11H18ClNO4S/c12-6-11(14)13(7-10-2-1-4-17-10)9-3-5-18(15,16)8-9/h9-10H,1-8H2/t9-,10+/m0/s1. The van der Waals surface area contributed by atoms with Gasteiger partial charge in [0.1, 0.15) is 5.88 Å². The maximum Gasteiger partial charge on any atom is 0.237 e. The number of hydrogen-bond acceptors (Lipinski definition) is 4. The number of carbonyl (C=O) groups is 1. The second kappa shape index (κ2) is 5.75. The number of amides is 1. The highest BCUT2D eigenvalue weighted by atomic mass is 35.5. The van der Waals surface area contributed by atoms with Gasteiger partial charge >= 0.3 is 0 Å². The highest BCUT2D eigenvalue weighted by molar-refractivity contribution is 7.91. The fourth-order valence-corrected chi connectivity index (χ4v) is 4.44. The Morgan fingerprint density at radius 1 is 1.39 bits per heavy atom. The van der Waals surface area contributed by atoms with Crippen molar-refractivity contribution in [2.75, 3.05) is 30.5 Å². The van der Waals surface area contributed by atoms with Crippen LogP contribution in [0.5, 0.6) is 0 Å². The summed E-state index contributed by atoms with van der Waals surface area (Å²) in [5.41, 5.74) is 0. The van der Waals surface area contributed by atoms with E-state index in [9.17, 15) is 13.2 Å². The first kappa shape index (κ1) is 14.1. The molecule has 0 radical (unpaired) electrons. The van der Waals surface area contributed by atoms with Crippen LogP contribution in [0.1, 0.15) is 19.3 Å². The molecular formula is C11H18ClNO4S. The van der Waals surface area contributed by atoms with Crippen LogP contribution in [0, 0.1) is 0 Å². The lowest BCUT2D eigenvalue weighted by Crippen LogP contribution is -2.45. The largest absolute Gasteiger partial charge is 0.376 e. The SMILES string of the molecule is O=C(CCl)N(C[C@H]1CCCO1)[C@H]1CCS(=O)(=O)C1. The van der Waals surface area contributed by atoms with E-state index in [0.29, 0.717) is 13.0 Å². The zero-order chi connectivity index (χ0) is 13.2. The summed E-state index contributed by atoms with van der Waals surface area (Å²) in [5.74, 6) is -0.0878. The van der Waals surface area contributed by atoms with E-state index in [1.165, 1.54) is 0 Å². The van der Waals surface area contributed by atoms with Crippen molar-refractivity contribution >= 4 is 27.3 Å². The van der Waals surface area contributed by atoms with Gasteiger partial charge in [0.15, 0.2) is 9.84 Å². The van der Waals surface area contributed by atoms with Crippen LogP contribution in [0.25, 0.3) is 0 Å². The molecule has 0 aromatic rings. The molecule has 0 bridgehead atoms. The van der Waals surface area contributed by atoms with Gasteiger partial charge in [0.05, 0.1) is 17.6 Å². The van der Waals surface area contributed by atoms with Gasteiger partial charge in [0.25, 0.3) is 0 Å². The second-order valence-corrected chi connectivity index (χ2v) is 7.37. The third-order valence-electron chi connectivity index (χ3n) is 3.51. The molecule has 0 spiro atoms. The molecule has 2 aliphatic rings. The van der Waals surface area contributed by atoms with Gasteiger partial charge in [0, 0.05) is 19.2 Å². The molecule has 0 aromatic heterocycles. The lowest BCUT2D eigenvalue weighted by Gasteiger charge is -2.29. The molecule has 2 atom stereocenters. The molecule has 0 aromatic carbocycles. The molecule has 104 valence electrons. The van der Waals surface area contributed by atoms with Crippen molar-refractivity contribution in [1.29, 1.82) is 0 Å². The maximum absolute atomic E-state index is 11.8. The number of halogens is 1. The lowest BCUT2D eigenvalue weighted by molar-refractivity contribution is -0.132. The summed E-state index contributed by atoms with van der Waals surface area (Å²) in [4.78, 5) is 13.4. The average Bonchev–Trinajstić information content (AvgIpc) is 2.94. The van der Waals surface area contributed by atoms with Crippen LogP contribution in [0.3, 0.4) is 0 Å². The van der Waals surface area contributed by atoms with Gasteiger partial charge in [-0.1, -0.05) is 0 Å². The van der Waals surface area contributed by atoms with E-state index in [0.717, 1.165) is 19.4 Å². The average molecular weight is 296 g/mol. The van der Waals surface area contributed by atoms with Crippen molar-refractivity contribution in [3.63, 3.8) is 0 Å². The Morgan fingerprint density at radius 3 is 2.67 bits per heavy atom. The predicted molar refractivity (Wildman–Crippen MR) is 68.5 cm³/mol. The number of sulfone groups is 1. The monoisotopic (exact) mass is 295 g/mol. The van der Waals surface area contributed by atoms with Crippen LogP contribution in [0.2, 0.25) is 0 Å². The van der Waals surface area contributed by atoms with E-state index in [2.05, 4.69) is 0 Å².